The predicted octanol–water partition coefficient (Wildman–Crippen LogP) is 0.767. The number of imidazole rings is 1. The molecule has 1 fully saturated rings. The van der Waals surface area contributed by atoms with Gasteiger partial charge in [0.2, 0.25) is 5.91 Å². The second-order valence-electron chi connectivity index (χ2n) is 5.10. The van der Waals surface area contributed by atoms with Crippen molar-refractivity contribution in [2.24, 2.45) is 13.0 Å². The van der Waals surface area contributed by atoms with Crippen LogP contribution in [0.1, 0.15) is 25.5 Å². The molecule has 2 rings (SSSR count). The first-order valence-electron chi connectivity index (χ1n) is 6.56. The van der Waals surface area contributed by atoms with E-state index in [1.807, 2.05) is 17.8 Å². The van der Waals surface area contributed by atoms with Gasteiger partial charge in [0.1, 0.15) is 0 Å². The van der Waals surface area contributed by atoms with Crippen molar-refractivity contribution < 1.29 is 4.79 Å². The molecule has 5 heteroatoms. The van der Waals surface area contributed by atoms with Gasteiger partial charge in [0.25, 0.3) is 0 Å². The van der Waals surface area contributed by atoms with Crippen LogP contribution in [0, 0.1) is 5.92 Å². The summed E-state index contributed by atoms with van der Waals surface area (Å²) in [5.41, 5.74) is 0.908. The zero-order valence-corrected chi connectivity index (χ0v) is 11.4. The zero-order chi connectivity index (χ0) is 13.1. The SMILES string of the molecule is CC[C@@H]1[C@@H](C(=O)NCc2cn(C)cn2)CCN1C. The number of hydrogen-bond donors (Lipinski definition) is 1. The van der Waals surface area contributed by atoms with E-state index in [-0.39, 0.29) is 11.8 Å². The van der Waals surface area contributed by atoms with Crippen LogP contribution in [0.25, 0.3) is 0 Å². The summed E-state index contributed by atoms with van der Waals surface area (Å²) in [4.78, 5) is 18.7. The van der Waals surface area contributed by atoms with Crippen LogP contribution in [0.2, 0.25) is 0 Å². The van der Waals surface area contributed by atoms with Crippen LogP contribution in [-0.2, 0) is 18.4 Å². The normalized spacial score (nSPS) is 24.4. The number of aryl methyl sites for hydroxylation is 1. The quantitative estimate of drug-likeness (QED) is 0.858. The fraction of sp³-hybridized carbons (Fsp3) is 0.692. The summed E-state index contributed by atoms with van der Waals surface area (Å²) in [6.45, 7) is 3.68. The number of carbonyl (C=O) groups excluding carboxylic acids is 1. The minimum Gasteiger partial charge on any atom is -0.350 e. The van der Waals surface area contributed by atoms with Gasteiger partial charge in [0.05, 0.1) is 24.5 Å². The van der Waals surface area contributed by atoms with Crippen LogP contribution in [-0.4, -0.2) is 40.0 Å². The Morgan fingerprint density at radius 3 is 2.94 bits per heavy atom. The number of likely N-dealkylation sites (tertiary alicyclic amines) is 1. The molecule has 1 aromatic heterocycles. The first-order valence-corrected chi connectivity index (χ1v) is 6.56. The molecule has 0 unspecified atom stereocenters. The van der Waals surface area contributed by atoms with Gasteiger partial charge in [-0.25, -0.2) is 4.98 Å². The topological polar surface area (TPSA) is 50.2 Å². The van der Waals surface area contributed by atoms with E-state index in [1.165, 1.54) is 0 Å². The highest BCUT2D eigenvalue weighted by Gasteiger charge is 2.35. The molecule has 0 aliphatic carbocycles. The second-order valence-corrected chi connectivity index (χ2v) is 5.10. The first-order chi connectivity index (χ1) is 8.61. The molecule has 0 saturated carbocycles. The molecular weight excluding hydrogens is 228 g/mol. The Morgan fingerprint density at radius 1 is 1.56 bits per heavy atom. The number of aromatic nitrogens is 2. The molecule has 0 spiro atoms. The van der Waals surface area contributed by atoms with E-state index in [0.717, 1.165) is 25.1 Å². The molecule has 0 radical (unpaired) electrons. The third-order valence-electron chi connectivity index (χ3n) is 3.78. The standard InChI is InChI=1S/C13H22N4O/c1-4-12-11(5-6-17(12)3)13(18)14-7-10-8-16(2)9-15-10/h8-9,11-12H,4-7H2,1-3H3,(H,14,18)/t11-,12+/m0/s1. The average molecular weight is 250 g/mol. The van der Waals surface area contributed by atoms with Crippen LogP contribution >= 0.6 is 0 Å². The predicted molar refractivity (Wildman–Crippen MR) is 69.9 cm³/mol. The van der Waals surface area contributed by atoms with Crippen molar-refractivity contribution in [3.05, 3.63) is 18.2 Å². The summed E-state index contributed by atoms with van der Waals surface area (Å²) in [6, 6.07) is 0.383. The van der Waals surface area contributed by atoms with E-state index in [0.29, 0.717) is 12.6 Å². The monoisotopic (exact) mass is 250 g/mol. The summed E-state index contributed by atoms with van der Waals surface area (Å²) in [5, 5.41) is 3.00. The van der Waals surface area contributed by atoms with Crippen molar-refractivity contribution in [1.82, 2.24) is 19.8 Å². The number of hydrogen-bond acceptors (Lipinski definition) is 3. The maximum Gasteiger partial charge on any atom is 0.225 e. The lowest BCUT2D eigenvalue weighted by molar-refractivity contribution is -0.125. The van der Waals surface area contributed by atoms with Crippen molar-refractivity contribution in [2.75, 3.05) is 13.6 Å². The zero-order valence-electron chi connectivity index (χ0n) is 11.4. The first kappa shape index (κ1) is 13.1. The Morgan fingerprint density at radius 2 is 2.33 bits per heavy atom. The van der Waals surface area contributed by atoms with Crippen molar-refractivity contribution in [2.45, 2.75) is 32.4 Å². The lowest BCUT2D eigenvalue weighted by Gasteiger charge is -2.22. The van der Waals surface area contributed by atoms with Crippen LogP contribution < -0.4 is 5.32 Å². The molecular formula is C13H22N4O. The highest BCUT2D eigenvalue weighted by atomic mass is 16.1. The average Bonchev–Trinajstić information content (AvgIpc) is 2.92. The largest absolute Gasteiger partial charge is 0.350 e. The van der Waals surface area contributed by atoms with Gasteiger partial charge in [0.15, 0.2) is 0 Å². The maximum atomic E-state index is 12.2. The number of amides is 1. The number of carbonyl (C=O) groups is 1. The minimum absolute atomic E-state index is 0.128. The van der Waals surface area contributed by atoms with Crippen molar-refractivity contribution in [3.8, 4) is 0 Å². The lowest BCUT2D eigenvalue weighted by Crippen LogP contribution is -2.38. The van der Waals surface area contributed by atoms with Gasteiger partial charge in [-0.15, -0.1) is 0 Å². The summed E-state index contributed by atoms with van der Waals surface area (Å²) in [7, 11) is 4.03. The molecule has 1 aliphatic rings. The van der Waals surface area contributed by atoms with E-state index in [2.05, 4.69) is 29.2 Å². The van der Waals surface area contributed by atoms with Crippen molar-refractivity contribution in [1.29, 1.82) is 0 Å². The van der Waals surface area contributed by atoms with Gasteiger partial charge in [0, 0.05) is 19.3 Å². The second kappa shape index (κ2) is 5.52. The Hall–Kier alpha value is -1.36. The van der Waals surface area contributed by atoms with E-state index >= 15 is 0 Å². The molecule has 0 aromatic carbocycles. The number of nitrogens with one attached hydrogen (secondary N) is 1. The highest BCUT2D eigenvalue weighted by molar-refractivity contribution is 5.79. The molecule has 1 amide bonds. The highest BCUT2D eigenvalue weighted by Crippen LogP contribution is 2.25. The Balaban J connectivity index is 1.88. The molecule has 1 aromatic rings. The van der Waals surface area contributed by atoms with E-state index in [1.54, 1.807) is 6.33 Å². The smallest absolute Gasteiger partial charge is 0.225 e. The third kappa shape index (κ3) is 2.72. The van der Waals surface area contributed by atoms with Crippen LogP contribution in [0.5, 0.6) is 0 Å². The Labute approximate surface area is 108 Å². The van der Waals surface area contributed by atoms with E-state index < -0.39 is 0 Å². The van der Waals surface area contributed by atoms with Gasteiger partial charge >= 0.3 is 0 Å². The summed E-state index contributed by atoms with van der Waals surface area (Å²) < 4.78 is 1.89. The Bertz CT molecular complexity index is 415. The molecule has 100 valence electrons. The minimum atomic E-state index is 0.128. The molecule has 2 atom stereocenters. The number of rotatable bonds is 4. The van der Waals surface area contributed by atoms with Crippen LogP contribution in [0.3, 0.4) is 0 Å². The molecule has 5 nitrogen and oxygen atoms in total. The van der Waals surface area contributed by atoms with Gasteiger partial charge < -0.3 is 14.8 Å². The fourth-order valence-corrected chi connectivity index (χ4v) is 2.78. The summed E-state index contributed by atoms with van der Waals surface area (Å²) >= 11 is 0. The summed E-state index contributed by atoms with van der Waals surface area (Å²) in [6.07, 6.45) is 5.67. The molecule has 18 heavy (non-hydrogen) atoms. The van der Waals surface area contributed by atoms with Crippen molar-refractivity contribution >= 4 is 5.91 Å². The molecule has 1 aliphatic heterocycles. The molecule has 1 saturated heterocycles. The van der Waals surface area contributed by atoms with E-state index in [9.17, 15) is 4.79 Å². The fourth-order valence-electron chi connectivity index (χ4n) is 2.78. The van der Waals surface area contributed by atoms with Gasteiger partial charge in [-0.05, 0) is 26.4 Å². The third-order valence-corrected chi connectivity index (χ3v) is 3.78. The molecule has 0 bridgehead atoms. The molecule has 2 heterocycles. The maximum absolute atomic E-state index is 12.2. The van der Waals surface area contributed by atoms with Crippen molar-refractivity contribution in [3.63, 3.8) is 0 Å². The Kier molecular flexibility index (Phi) is 4.01. The van der Waals surface area contributed by atoms with Crippen LogP contribution in [0.15, 0.2) is 12.5 Å². The van der Waals surface area contributed by atoms with Gasteiger partial charge in [-0.1, -0.05) is 6.92 Å². The lowest BCUT2D eigenvalue weighted by atomic mass is 9.97. The van der Waals surface area contributed by atoms with Gasteiger partial charge in [-0.2, -0.15) is 0 Å². The summed E-state index contributed by atoms with van der Waals surface area (Å²) in [5.74, 6) is 0.292. The van der Waals surface area contributed by atoms with E-state index in [4.69, 9.17) is 0 Å². The van der Waals surface area contributed by atoms with Crippen LogP contribution in [0.4, 0.5) is 0 Å². The number of nitrogens with zero attached hydrogens (tertiary/aromatic N) is 3. The van der Waals surface area contributed by atoms with Gasteiger partial charge in [-0.3, -0.25) is 4.79 Å². The molecule has 1 N–H and O–H groups in total.